The van der Waals surface area contributed by atoms with Gasteiger partial charge in [0.15, 0.2) is 11.6 Å². The first kappa shape index (κ1) is 38.3. The summed E-state index contributed by atoms with van der Waals surface area (Å²) in [5.41, 5.74) is 7.19. The number of nitrogens with one attached hydrogen (secondary N) is 1. The van der Waals surface area contributed by atoms with Crippen LogP contribution in [-0.4, -0.2) is 50.4 Å². The molecule has 9 heteroatoms. The van der Waals surface area contributed by atoms with Gasteiger partial charge < -0.3 is 15.3 Å². The van der Waals surface area contributed by atoms with Crippen molar-refractivity contribution in [2.24, 2.45) is 5.92 Å². The SMILES string of the molecule is CC.CC/C(C)=C(/C)CNC1CCC2=CC1C=CC(C(=O)O)=C2C.CCC=C(Cn1ncnc1C)N(C)Cc1ccc(F)c(F)c1. The fourth-order valence-electron chi connectivity index (χ4n) is 5.37. The fraction of sp³-hybridized carbons (Fsp3) is 0.486. The van der Waals surface area contributed by atoms with Crippen LogP contribution in [0.5, 0.6) is 0 Å². The van der Waals surface area contributed by atoms with Crippen LogP contribution in [0.1, 0.15) is 85.5 Å². The van der Waals surface area contributed by atoms with Crippen molar-refractivity contribution < 1.29 is 18.7 Å². The van der Waals surface area contributed by atoms with Crippen molar-refractivity contribution in [2.75, 3.05) is 13.6 Å². The molecular weight excluding hydrogens is 584 g/mol. The summed E-state index contributed by atoms with van der Waals surface area (Å²) in [5, 5.41) is 17.2. The van der Waals surface area contributed by atoms with Crippen LogP contribution in [0.3, 0.4) is 0 Å². The Morgan fingerprint density at radius 3 is 2.46 bits per heavy atom. The number of fused-ring (bicyclic) bond motifs is 1. The number of allylic oxidation sites excluding steroid dienone is 5. The molecule has 1 aromatic carbocycles. The maximum absolute atomic E-state index is 13.3. The summed E-state index contributed by atoms with van der Waals surface area (Å²) in [6.45, 7) is 18.4. The number of carboxylic acids is 1. The summed E-state index contributed by atoms with van der Waals surface area (Å²) < 4.78 is 28.1. The van der Waals surface area contributed by atoms with Crippen molar-refractivity contribution in [1.29, 1.82) is 0 Å². The Hall–Kier alpha value is -3.85. The monoisotopic (exact) mass is 637 g/mol. The van der Waals surface area contributed by atoms with Crippen molar-refractivity contribution in [1.82, 2.24) is 25.0 Å². The number of hydrogen-bond acceptors (Lipinski definition) is 5. The van der Waals surface area contributed by atoms with Crippen LogP contribution in [0.15, 0.2) is 82.4 Å². The summed E-state index contributed by atoms with van der Waals surface area (Å²) in [6.07, 6.45) is 13.7. The average molecular weight is 638 g/mol. The van der Waals surface area contributed by atoms with Gasteiger partial charge in [-0.3, -0.25) is 0 Å². The first-order valence-electron chi connectivity index (χ1n) is 16.4. The smallest absolute Gasteiger partial charge is 0.335 e. The Bertz CT molecular complexity index is 1470. The normalized spacial score (nSPS) is 18.0. The molecule has 2 aliphatic carbocycles. The standard InChI is InChI=1S/C19H27NO2.C16H20F2N4.C2H6/c1-5-12(2)13(3)11-20-18-9-7-15-10-16(18)6-8-17(14(15)4)19(21)22;1-4-5-14(10-22-12(2)19-11-20-22)21(3)9-13-6-7-15(17)16(18)8-13;1-2/h6,8,10,16,18,20H,5,7,9,11H2,1-4H3,(H,21,22);5-8,11H,4,9-10H2,1-3H3;1-2H3/b13-12-;;. The molecule has 0 aliphatic heterocycles. The predicted molar refractivity (Wildman–Crippen MR) is 183 cm³/mol. The highest BCUT2D eigenvalue weighted by atomic mass is 19.2. The minimum atomic E-state index is -0.830. The number of hydrogen-bond donors (Lipinski definition) is 2. The van der Waals surface area contributed by atoms with Gasteiger partial charge in [-0.2, -0.15) is 5.10 Å². The third-order valence-corrected chi connectivity index (χ3v) is 8.53. The van der Waals surface area contributed by atoms with E-state index in [0.29, 0.717) is 24.7 Å². The van der Waals surface area contributed by atoms with Gasteiger partial charge in [-0.05, 0) is 82.2 Å². The highest BCUT2D eigenvalue weighted by molar-refractivity contribution is 5.92. The van der Waals surface area contributed by atoms with Crippen molar-refractivity contribution in [3.63, 3.8) is 0 Å². The molecule has 0 spiro atoms. The number of aryl methyl sites for hydroxylation is 1. The molecule has 2 atom stereocenters. The number of carbonyl (C=O) groups is 1. The number of nitrogens with zero attached hydrogens (tertiary/aromatic N) is 4. The van der Waals surface area contributed by atoms with E-state index in [1.165, 1.54) is 29.1 Å². The maximum atomic E-state index is 13.3. The Labute approximate surface area is 274 Å². The van der Waals surface area contributed by atoms with Gasteiger partial charge in [0.1, 0.15) is 12.2 Å². The van der Waals surface area contributed by atoms with Crippen LogP contribution in [0.25, 0.3) is 0 Å². The Kier molecular flexibility index (Phi) is 15.8. The molecule has 0 amide bonds. The fourth-order valence-corrected chi connectivity index (χ4v) is 5.37. The summed E-state index contributed by atoms with van der Waals surface area (Å²) >= 11 is 0. The lowest BCUT2D eigenvalue weighted by molar-refractivity contribution is -0.132. The van der Waals surface area contributed by atoms with Crippen molar-refractivity contribution >= 4 is 5.97 Å². The van der Waals surface area contributed by atoms with Crippen molar-refractivity contribution in [3.8, 4) is 0 Å². The predicted octanol–water partition coefficient (Wildman–Crippen LogP) is 8.32. The molecule has 7 nitrogen and oxygen atoms in total. The third-order valence-electron chi connectivity index (χ3n) is 8.53. The zero-order valence-corrected chi connectivity index (χ0v) is 29.1. The molecule has 0 saturated heterocycles. The molecule has 0 fully saturated rings. The molecule has 2 aliphatic rings. The zero-order chi connectivity index (χ0) is 34.4. The van der Waals surface area contributed by atoms with Gasteiger partial charge in [-0.15, -0.1) is 0 Å². The molecule has 1 heterocycles. The molecule has 2 bridgehead atoms. The number of carboxylic acid groups (broad SMARTS) is 1. The quantitative estimate of drug-likeness (QED) is 0.241. The van der Waals surface area contributed by atoms with Gasteiger partial charge in [-0.25, -0.2) is 23.2 Å². The first-order valence-corrected chi connectivity index (χ1v) is 16.4. The van der Waals surface area contributed by atoms with Gasteiger partial charge in [0, 0.05) is 37.8 Å². The summed E-state index contributed by atoms with van der Waals surface area (Å²) in [6, 6.07) is 4.37. The van der Waals surface area contributed by atoms with E-state index in [-0.39, 0.29) is 5.92 Å². The number of rotatable bonds is 11. The highest BCUT2D eigenvalue weighted by Gasteiger charge is 2.27. The topological polar surface area (TPSA) is 83.3 Å². The number of aromatic nitrogens is 3. The second kappa shape index (κ2) is 19.0. The number of aliphatic carboxylic acids is 1. The van der Waals surface area contributed by atoms with Gasteiger partial charge in [-0.1, -0.05) is 69.2 Å². The van der Waals surface area contributed by atoms with Crippen LogP contribution in [-0.2, 0) is 17.9 Å². The number of likely N-dealkylation sites (N-methyl/N-ethyl adjacent to an activating group) is 1. The lowest BCUT2D eigenvalue weighted by Gasteiger charge is -2.29. The largest absolute Gasteiger partial charge is 0.478 e. The summed E-state index contributed by atoms with van der Waals surface area (Å²) in [7, 11) is 1.93. The van der Waals surface area contributed by atoms with Gasteiger partial charge >= 0.3 is 5.97 Å². The molecule has 0 saturated carbocycles. The Balaban J connectivity index is 0.000000304. The molecular formula is C37H53F2N5O2. The molecule has 2 unspecified atom stereocenters. The third kappa shape index (κ3) is 10.9. The highest BCUT2D eigenvalue weighted by Crippen LogP contribution is 2.33. The lowest BCUT2D eigenvalue weighted by atomic mass is 9.84. The van der Waals surface area contributed by atoms with E-state index >= 15 is 0 Å². The molecule has 252 valence electrons. The van der Waals surface area contributed by atoms with Crippen LogP contribution in [0, 0.1) is 24.5 Å². The van der Waals surface area contributed by atoms with Crippen LogP contribution < -0.4 is 5.32 Å². The second-order valence-corrected chi connectivity index (χ2v) is 11.6. The molecule has 46 heavy (non-hydrogen) atoms. The molecule has 1 aromatic heterocycles. The van der Waals surface area contributed by atoms with E-state index in [1.807, 2.05) is 50.4 Å². The van der Waals surface area contributed by atoms with Crippen molar-refractivity contribution in [3.05, 3.63) is 105 Å². The van der Waals surface area contributed by atoms with Gasteiger partial charge in [0.25, 0.3) is 0 Å². The lowest BCUT2D eigenvalue weighted by Crippen LogP contribution is -2.37. The van der Waals surface area contributed by atoms with E-state index < -0.39 is 17.6 Å². The molecule has 2 N–H and O–H groups in total. The minimum absolute atomic E-state index is 0.283. The van der Waals surface area contributed by atoms with E-state index in [1.54, 1.807) is 12.1 Å². The average Bonchev–Trinajstić information content (AvgIpc) is 3.40. The van der Waals surface area contributed by atoms with E-state index in [0.717, 1.165) is 61.0 Å². The van der Waals surface area contributed by atoms with E-state index in [9.17, 15) is 18.7 Å². The molecule has 2 aromatic rings. The summed E-state index contributed by atoms with van der Waals surface area (Å²) in [4.78, 5) is 17.5. The minimum Gasteiger partial charge on any atom is -0.478 e. The zero-order valence-electron chi connectivity index (χ0n) is 29.1. The number of halogens is 2. The Morgan fingerprint density at radius 2 is 1.87 bits per heavy atom. The van der Waals surface area contributed by atoms with Gasteiger partial charge in [0.2, 0.25) is 0 Å². The number of benzene rings is 1. The van der Waals surface area contributed by atoms with E-state index in [2.05, 4.69) is 55.2 Å². The maximum Gasteiger partial charge on any atom is 0.335 e. The van der Waals surface area contributed by atoms with Crippen LogP contribution in [0.4, 0.5) is 8.78 Å². The molecule has 0 radical (unpaired) electrons. The van der Waals surface area contributed by atoms with Crippen molar-refractivity contribution in [2.45, 2.75) is 100 Å². The van der Waals surface area contributed by atoms with E-state index in [4.69, 9.17) is 0 Å². The second-order valence-electron chi connectivity index (χ2n) is 11.6. The van der Waals surface area contributed by atoms with Crippen LogP contribution >= 0.6 is 0 Å². The Morgan fingerprint density at radius 1 is 1.15 bits per heavy atom. The first-order chi connectivity index (χ1) is 21.9. The van der Waals surface area contributed by atoms with Gasteiger partial charge in [0.05, 0.1) is 12.1 Å². The summed E-state index contributed by atoms with van der Waals surface area (Å²) in [5.74, 6) is -1.36. The molecule has 4 rings (SSSR count). The van der Waals surface area contributed by atoms with Crippen LogP contribution in [0.2, 0.25) is 0 Å².